The van der Waals surface area contributed by atoms with Crippen molar-refractivity contribution in [2.24, 2.45) is 0 Å². The van der Waals surface area contributed by atoms with Gasteiger partial charge in [-0.3, -0.25) is 4.79 Å². The standard InChI is InChI=1S/C25H33N3O2/c1-3-4-5-6-9-19-28-23-12-8-7-11-22(23)27-24(28)13-10-18-26-25(29)20-14-16-21(30-2)17-15-20/h7-8,11-12,14-17H,3-6,9-10,13,18-19H2,1-2H3,(H,26,29). The summed E-state index contributed by atoms with van der Waals surface area (Å²) in [7, 11) is 1.62. The Bertz CT molecular complexity index is 931. The summed E-state index contributed by atoms with van der Waals surface area (Å²) in [5, 5.41) is 3.01. The van der Waals surface area contributed by atoms with E-state index in [1.54, 1.807) is 31.4 Å². The van der Waals surface area contributed by atoms with Crippen molar-refractivity contribution in [3.63, 3.8) is 0 Å². The van der Waals surface area contributed by atoms with Gasteiger partial charge in [-0.25, -0.2) is 4.98 Å². The Kier molecular flexibility index (Phi) is 8.30. The molecule has 30 heavy (non-hydrogen) atoms. The summed E-state index contributed by atoms with van der Waals surface area (Å²) in [6.07, 6.45) is 8.04. The van der Waals surface area contributed by atoms with Gasteiger partial charge in [0.25, 0.3) is 5.91 Å². The average molecular weight is 408 g/mol. The molecule has 1 N–H and O–H groups in total. The molecule has 160 valence electrons. The van der Waals surface area contributed by atoms with E-state index in [9.17, 15) is 4.79 Å². The summed E-state index contributed by atoms with van der Waals surface area (Å²) in [6, 6.07) is 15.5. The number of imidazole rings is 1. The Morgan fingerprint density at radius 2 is 1.77 bits per heavy atom. The summed E-state index contributed by atoms with van der Waals surface area (Å²) < 4.78 is 7.51. The van der Waals surface area contributed by atoms with E-state index in [4.69, 9.17) is 9.72 Å². The van der Waals surface area contributed by atoms with Crippen LogP contribution in [0.5, 0.6) is 5.75 Å². The Morgan fingerprint density at radius 3 is 2.53 bits per heavy atom. The highest BCUT2D eigenvalue weighted by Gasteiger charge is 2.11. The van der Waals surface area contributed by atoms with Crippen molar-refractivity contribution in [1.82, 2.24) is 14.9 Å². The number of nitrogens with one attached hydrogen (secondary N) is 1. The number of hydrogen-bond donors (Lipinski definition) is 1. The Labute approximate surface area is 179 Å². The van der Waals surface area contributed by atoms with Gasteiger partial charge in [0, 0.05) is 25.1 Å². The van der Waals surface area contributed by atoms with Crippen LogP contribution in [0.2, 0.25) is 0 Å². The molecule has 3 rings (SSSR count). The zero-order valence-electron chi connectivity index (χ0n) is 18.2. The van der Waals surface area contributed by atoms with Gasteiger partial charge in [-0.15, -0.1) is 0 Å². The highest BCUT2D eigenvalue weighted by molar-refractivity contribution is 5.94. The lowest BCUT2D eigenvalue weighted by molar-refractivity contribution is 0.0953. The SMILES string of the molecule is CCCCCCCn1c(CCCNC(=O)c2ccc(OC)cc2)nc2ccccc21. The van der Waals surface area contributed by atoms with Crippen molar-refractivity contribution < 1.29 is 9.53 Å². The zero-order valence-corrected chi connectivity index (χ0v) is 18.2. The first-order valence-electron chi connectivity index (χ1n) is 11.1. The third-order valence-electron chi connectivity index (χ3n) is 5.43. The number of fused-ring (bicyclic) bond motifs is 1. The quantitative estimate of drug-likeness (QED) is 0.410. The molecule has 0 saturated heterocycles. The first kappa shape index (κ1) is 21.9. The molecule has 0 saturated carbocycles. The number of benzene rings is 2. The number of rotatable bonds is 12. The molecule has 3 aromatic rings. The molecule has 1 heterocycles. The molecular formula is C25H33N3O2. The number of aromatic nitrogens is 2. The number of unbranched alkanes of at least 4 members (excludes halogenated alkanes) is 4. The van der Waals surface area contributed by atoms with Crippen molar-refractivity contribution in [3.8, 4) is 5.75 Å². The molecule has 0 spiro atoms. The molecule has 1 amide bonds. The fraction of sp³-hybridized carbons (Fsp3) is 0.440. The number of hydrogen-bond acceptors (Lipinski definition) is 3. The third kappa shape index (κ3) is 5.85. The van der Waals surface area contributed by atoms with Crippen LogP contribution in [0.15, 0.2) is 48.5 Å². The smallest absolute Gasteiger partial charge is 0.251 e. The van der Waals surface area contributed by atoms with Gasteiger partial charge in [-0.1, -0.05) is 44.7 Å². The van der Waals surface area contributed by atoms with Crippen LogP contribution in [0.1, 0.15) is 61.6 Å². The monoisotopic (exact) mass is 407 g/mol. The van der Waals surface area contributed by atoms with Gasteiger partial charge in [0.05, 0.1) is 18.1 Å². The van der Waals surface area contributed by atoms with Crippen LogP contribution in [-0.2, 0) is 13.0 Å². The minimum atomic E-state index is -0.0536. The fourth-order valence-corrected chi connectivity index (χ4v) is 3.73. The number of methoxy groups -OCH3 is 1. The molecule has 0 bridgehead atoms. The van der Waals surface area contributed by atoms with Crippen molar-refractivity contribution in [2.45, 2.75) is 58.4 Å². The molecule has 0 aliphatic carbocycles. The predicted octanol–water partition coefficient (Wildman–Crippen LogP) is 5.38. The van der Waals surface area contributed by atoms with Crippen molar-refractivity contribution in [3.05, 3.63) is 59.9 Å². The van der Waals surface area contributed by atoms with E-state index in [1.165, 1.54) is 37.6 Å². The highest BCUT2D eigenvalue weighted by atomic mass is 16.5. The maximum Gasteiger partial charge on any atom is 0.251 e. The van der Waals surface area contributed by atoms with Gasteiger partial charge in [0.2, 0.25) is 0 Å². The van der Waals surface area contributed by atoms with E-state index in [0.717, 1.165) is 36.5 Å². The molecular weight excluding hydrogens is 374 g/mol. The van der Waals surface area contributed by atoms with Crippen LogP contribution in [0.3, 0.4) is 0 Å². The molecule has 5 nitrogen and oxygen atoms in total. The van der Waals surface area contributed by atoms with E-state index in [1.807, 2.05) is 6.07 Å². The summed E-state index contributed by atoms with van der Waals surface area (Å²) in [6.45, 7) is 3.89. The van der Waals surface area contributed by atoms with Crippen molar-refractivity contribution in [2.75, 3.05) is 13.7 Å². The van der Waals surface area contributed by atoms with Gasteiger partial charge in [0.15, 0.2) is 0 Å². The first-order valence-corrected chi connectivity index (χ1v) is 11.1. The van der Waals surface area contributed by atoms with Crippen molar-refractivity contribution >= 4 is 16.9 Å². The summed E-state index contributed by atoms with van der Waals surface area (Å²) in [4.78, 5) is 17.2. The Balaban J connectivity index is 1.54. The lowest BCUT2D eigenvalue weighted by atomic mass is 10.1. The van der Waals surface area contributed by atoms with Crippen LogP contribution in [-0.4, -0.2) is 29.1 Å². The number of para-hydroxylation sites is 2. The van der Waals surface area contributed by atoms with E-state index in [-0.39, 0.29) is 5.91 Å². The summed E-state index contributed by atoms with van der Waals surface area (Å²) >= 11 is 0. The lowest BCUT2D eigenvalue weighted by Crippen LogP contribution is -2.25. The molecule has 0 unspecified atom stereocenters. The maximum absolute atomic E-state index is 12.3. The second kappa shape index (κ2) is 11.4. The number of ether oxygens (including phenoxy) is 1. The second-order valence-corrected chi connectivity index (χ2v) is 7.67. The zero-order chi connectivity index (χ0) is 21.2. The number of carbonyl (C=O) groups excluding carboxylic acids is 1. The molecule has 0 atom stereocenters. The topological polar surface area (TPSA) is 56.2 Å². The number of carbonyl (C=O) groups is 1. The van der Waals surface area contributed by atoms with Crippen LogP contribution >= 0.6 is 0 Å². The van der Waals surface area contributed by atoms with Gasteiger partial charge >= 0.3 is 0 Å². The Morgan fingerprint density at radius 1 is 1.00 bits per heavy atom. The van der Waals surface area contributed by atoms with Gasteiger partial charge in [-0.05, 0) is 49.2 Å². The Hall–Kier alpha value is -2.82. The minimum absolute atomic E-state index is 0.0536. The van der Waals surface area contributed by atoms with E-state index in [0.29, 0.717) is 12.1 Å². The van der Waals surface area contributed by atoms with E-state index in [2.05, 4.69) is 35.0 Å². The fourth-order valence-electron chi connectivity index (χ4n) is 3.73. The molecule has 0 fully saturated rings. The normalized spacial score (nSPS) is 11.0. The summed E-state index contributed by atoms with van der Waals surface area (Å²) in [5.41, 5.74) is 2.92. The highest BCUT2D eigenvalue weighted by Crippen LogP contribution is 2.19. The first-order chi connectivity index (χ1) is 14.7. The third-order valence-corrected chi connectivity index (χ3v) is 5.43. The molecule has 0 radical (unpaired) electrons. The molecule has 0 aliphatic heterocycles. The molecule has 1 aromatic heterocycles. The van der Waals surface area contributed by atoms with Gasteiger partial charge < -0.3 is 14.6 Å². The second-order valence-electron chi connectivity index (χ2n) is 7.67. The predicted molar refractivity (Wildman–Crippen MR) is 122 cm³/mol. The van der Waals surface area contributed by atoms with Crippen LogP contribution in [0.25, 0.3) is 11.0 Å². The minimum Gasteiger partial charge on any atom is -0.497 e. The van der Waals surface area contributed by atoms with Crippen LogP contribution in [0, 0.1) is 0 Å². The van der Waals surface area contributed by atoms with E-state index >= 15 is 0 Å². The summed E-state index contributed by atoms with van der Waals surface area (Å²) in [5.74, 6) is 1.81. The number of nitrogens with zero attached hydrogens (tertiary/aromatic N) is 2. The van der Waals surface area contributed by atoms with Gasteiger partial charge in [0.1, 0.15) is 11.6 Å². The lowest BCUT2D eigenvalue weighted by Gasteiger charge is -2.10. The van der Waals surface area contributed by atoms with Crippen molar-refractivity contribution in [1.29, 1.82) is 0 Å². The molecule has 2 aromatic carbocycles. The number of aryl methyl sites for hydroxylation is 2. The van der Waals surface area contributed by atoms with E-state index < -0.39 is 0 Å². The van der Waals surface area contributed by atoms with Gasteiger partial charge in [-0.2, -0.15) is 0 Å². The van der Waals surface area contributed by atoms with Crippen LogP contribution < -0.4 is 10.1 Å². The molecule has 5 heteroatoms. The molecule has 0 aliphatic rings. The van der Waals surface area contributed by atoms with Crippen LogP contribution in [0.4, 0.5) is 0 Å². The maximum atomic E-state index is 12.3. The largest absolute Gasteiger partial charge is 0.497 e. The number of amides is 1. The average Bonchev–Trinajstić information content (AvgIpc) is 3.14.